The van der Waals surface area contributed by atoms with E-state index in [4.69, 9.17) is 17.3 Å². The van der Waals surface area contributed by atoms with Crippen molar-refractivity contribution in [3.05, 3.63) is 28.8 Å². The van der Waals surface area contributed by atoms with E-state index in [1.807, 2.05) is 0 Å². The van der Waals surface area contributed by atoms with Crippen molar-refractivity contribution in [3.8, 4) is 0 Å². The van der Waals surface area contributed by atoms with Crippen LogP contribution in [0.4, 0.5) is 0 Å². The fourth-order valence-electron chi connectivity index (χ4n) is 6.70. The maximum Gasteiger partial charge on any atom is 0.248 e. The fraction of sp³-hybridized carbons (Fsp3) is 0.636. The van der Waals surface area contributed by atoms with Gasteiger partial charge in [0.25, 0.3) is 0 Å². The van der Waals surface area contributed by atoms with Crippen LogP contribution in [0.3, 0.4) is 0 Å². The lowest BCUT2D eigenvalue weighted by atomic mass is 9.54. The van der Waals surface area contributed by atoms with E-state index in [-0.39, 0.29) is 34.0 Å². The molecule has 1 aromatic rings. The molecule has 1 saturated heterocycles. The van der Waals surface area contributed by atoms with Gasteiger partial charge in [0.1, 0.15) is 10.9 Å². The first-order valence-electron chi connectivity index (χ1n) is 11.2. The van der Waals surface area contributed by atoms with Gasteiger partial charge in [0.15, 0.2) is 0 Å². The van der Waals surface area contributed by atoms with Crippen molar-refractivity contribution >= 4 is 33.4 Å². The molecule has 5 aliphatic rings. The maximum atomic E-state index is 13.3. The van der Waals surface area contributed by atoms with E-state index in [9.17, 15) is 18.0 Å². The van der Waals surface area contributed by atoms with E-state index in [0.717, 1.165) is 11.8 Å². The number of hydrogen-bond donors (Lipinski definition) is 2. The summed E-state index contributed by atoms with van der Waals surface area (Å²) in [7, 11) is -3.98. The number of nitrogens with zero attached hydrogens (tertiary/aromatic N) is 1. The second-order valence-electron chi connectivity index (χ2n) is 9.75. The SMILES string of the molecule is NC(=O)c1ccc(S(=O)(=O)N2CCC[C@H]2C(=O)NC2C3CC4CC(C3)CC2C4)c(Cl)c1. The second-order valence-corrected chi connectivity index (χ2v) is 12.0. The van der Waals surface area contributed by atoms with Gasteiger partial charge in [-0.05, 0) is 86.8 Å². The normalized spacial score (nSPS) is 34.7. The third kappa shape index (κ3) is 3.66. The number of carbonyl (C=O) groups excluding carboxylic acids is 2. The van der Waals surface area contributed by atoms with Gasteiger partial charge in [-0.15, -0.1) is 0 Å². The first kappa shape index (κ1) is 21.2. The summed E-state index contributed by atoms with van der Waals surface area (Å²) in [5.41, 5.74) is 5.39. The summed E-state index contributed by atoms with van der Waals surface area (Å²) < 4.78 is 27.9. The standard InChI is InChI=1S/C22H28ClN3O4S/c23-17-11-14(21(24)27)3-4-19(17)31(29,30)26-5-1-2-18(26)22(28)25-20-15-7-12-6-13(9-15)10-16(20)8-12/h3-4,11-13,15-16,18,20H,1-2,5-10H2,(H2,24,27)(H,25,28)/t12?,13?,15?,16?,18-,20?/m0/s1. The van der Waals surface area contributed by atoms with Gasteiger partial charge in [0.2, 0.25) is 21.8 Å². The summed E-state index contributed by atoms with van der Waals surface area (Å²) >= 11 is 6.19. The van der Waals surface area contributed by atoms with Gasteiger partial charge in [-0.1, -0.05) is 11.6 Å². The average Bonchev–Trinajstić information content (AvgIpc) is 3.20. The molecule has 0 spiro atoms. The van der Waals surface area contributed by atoms with Gasteiger partial charge >= 0.3 is 0 Å². The van der Waals surface area contributed by atoms with Gasteiger partial charge in [-0.2, -0.15) is 4.31 Å². The number of sulfonamides is 1. The van der Waals surface area contributed by atoms with E-state index in [1.54, 1.807) is 0 Å². The molecule has 3 N–H and O–H groups in total. The molecule has 4 aliphatic carbocycles. The minimum atomic E-state index is -3.98. The second kappa shape index (κ2) is 7.74. The molecule has 1 aliphatic heterocycles. The summed E-state index contributed by atoms with van der Waals surface area (Å²) in [4.78, 5) is 24.5. The molecule has 9 heteroatoms. The van der Waals surface area contributed by atoms with Crippen molar-refractivity contribution < 1.29 is 18.0 Å². The van der Waals surface area contributed by atoms with E-state index >= 15 is 0 Å². The van der Waals surface area contributed by atoms with Crippen molar-refractivity contribution in [2.45, 2.75) is 61.9 Å². The minimum Gasteiger partial charge on any atom is -0.366 e. The highest BCUT2D eigenvalue weighted by Crippen LogP contribution is 2.53. The van der Waals surface area contributed by atoms with E-state index in [1.165, 1.54) is 54.6 Å². The number of benzene rings is 1. The Morgan fingerprint density at radius 1 is 1.06 bits per heavy atom. The lowest BCUT2D eigenvalue weighted by molar-refractivity contribution is -0.128. The van der Waals surface area contributed by atoms with Gasteiger partial charge in [0, 0.05) is 18.2 Å². The molecule has 4 bridgehead atoms. The summed E-state index contributed by atoms with van der Waals surface area (Å²) in [6, 6.07) is 3.35. The third-order valence-corrected chi connectivity index (χ3v) is 10.2. The van der Waals surface area contributed by atoms with Gasteiger partial charge in [0.05, 0.1) is 5.02 Å². The fourth-order valence-corrected chi connectivity index (χ4v) is 8.88. The van der Waals surface area contributed by atoms with E-state index in [2.05, 4.69) is 5.32 Å². The third-order valence-electron chi connectivity index (χ3n) is 7.85. The zero-order valence-electron chi connectivity index (χ0n) is 17.3. The molecule has 5 fully saturated rings. The number of nitrogens with one attached hydrogen (secondary N) is 1. The summed E-state index contributed by atoms with van der Waals surface area (Å²) in [6.45, 7) is 0.274. The summed E-state index contributed by atoms with van der Waals surface area (Å²) in [5.74, 6) is 1.81. The van der Waals surface area contributed by atoms with Crippen molar-refractivity contribution in [2.75, 3.05) is 6.54 Å². The Bertz CT molecular complexity index is 1000. The highest BCUT2D eigenvalue weighted by molar-refractivity contribution is 7.89. The highest BCUT2D eigenvalue weighted by Gasteiger charge is 2.50. The Labute approximate surface area is 187 Å². The van der Waals surface area contributed by atoms with Gasteiger partial charge in [-0.25, -0.2) is 8.42 Å². The molecule has 1 heterocycles. The summed E-state index contributed by atoms with van der Waals surface area (Å²) in [6.07, 6.45) is 7.21. The molecule has 2 amide bonds. The van der Waals surface area contributed by atoms with Crippen LogP contribution >= 0.6 is 11.6 Å². The molecule has 31 heavy (non-hydrogen) atoms. The number of amides is 2. The van der Waals surface area contributed by atoms with E-state index < -0.39 is 22.0 Å². The molecular formula is C22H28ClN3O4S. The number of halogens is 1. The molecule has 1 aromatic carbocycles. The lowest BCUT2D eigenvalue weighted by Gasteiger charge is -2.54. The number of nitrogens with two attached hydrogens (primary N) is 1. The first-order chi connectivity index (χ1) is 14.7. The smallest absolute Gasteiger partial charge is 0.248 e. The number of hydrogen-bond acceptors (Lipinski definition) is 4. The van der Waals surface area contributed by atoms with Crippen molar-refractivity contribution in [2.24, 2.45) is 29.4 Å². The van der Waals surface area contributed by atoms with Crippen LogP contribution in [0.2, 0.25) is 5.02 Å². The quantitative estimate of drug-likeness (QED) is 0.696. The number of rotatable bonds is 5. The zero-order valence-corrected chi connectivity index (χ0v) is 18.9. The van der Waals surface area contributed by atoms with E-state index in [0.29, 0.717) is 24.7 Å². The first-order valence-corrected chi connectivity index (χ1v) is 13.0. The van der Waals surface area contributed by atoms with Gasteiger partial charge < -0.3 is 11.1 Å². The van der Waals surface area contributed by atoms with Crippen LogP contribution in [0.15, 0.2) is 23.1 Å². The molecule has 0 unspecified atom stereocenters. The van der Waals surface area contributed by atoms with Crippen LogP contribution in [-0.2, 0) is 14.8 Å². The molecule has 0 aromatic heterocycles. The Morgan fingerprint density at radius 3 is 2.29 bits per heavy atom. The maximum absolute atomic E-state index is 13.3. The van der Waals surface area contributed by atoms with Crippen LogP contribution in [0.1, 0.15) is 55.3 Å². The molecular weight excluding hydrogens is 438 g/mol. The van der Waals surface area contributed by atoms with Crippen LogP contribution < -0.4 is 11.1 Å². The Morgan fingerprint density at radius 2 is 1.71 bits per heavy atom. The van der Waals surface area contributed by atoms with Crippen LogP contribution in [0, 0.1) is 23.7 Å². The molecule has 168 valence electrons. The molecule has 7 nitrogen and oxygen atoms in total. The lowest BCUT2D eigenvalue weighted by Crippen LogP contribution is -2.58. The Kier molecular flexibility index (Phi) is 5.30. The molecule has 0 radical (unpaired) electrons. The topological polar surface area (TPSA) is 110 Å². The zero-order chi connectivity index (χ0) is 21.9. The van der Waals surface area contributed by atoms with Crippen LogP contribution in [0.5, 0.6) is 0 Å². The summed E-state index contributed by atoms with van der Waals surface area (Å²) in [5, 5.41) is 3.19. The highest BCUT2D eigenvalue weighted by atomic mass is 35.5. The predicted molar refractivity (Wildman–Crippen MR) is 116 cm³/mol. The van der Waals surface area contributed by atoms with Crippen molar-refractivity contribution in [3.63, 3.8) is 0 Å². The van der Waals surface area contributed by atoms with Crippen LogP contribution in [0.25, 0.3) is 0 Å². The monoisotopic (exact) mass is 465 g/mol. The minimum absolute atomic E-state index is 0.0663. The largest absolute Gasteiger partial charge is 0.366 e. The Hall–Kier alpha value is -1.64. The number of carbonyl (C=O) groups is 2. The average molecular weight is 466 g/mol. The molecule has 4 saturated carbocycles. The number of primary amides is 1. The Balaban J connectivity index is 1.34. The van der Waals surface area contributed by atoms with Crippen molar-refractivity contribution in [1.82, 2.24) is 9.62 Å². The molecule has 1 atom stereocenters. The predicted octanol–water partition coefficient (Wildman–Crippen LogP) is 2.53. The van der Waals surface area contributed by atoms with Gasteiger partial charge in [-0.3, -0.25) is 9.59 Å². The van der Waals surface area contributed by atoms with Crippen LogP contribution in [-0.4, -0.2) is 43.2 Å². The van der Waals surface area contributed by atoms with Crippen molar-refractivity contribution in [1.29, 1.82) is 0 Å². The molecule has 6 rings (SSSR count).